The number of ether oxygens (including phenoxy) is 3. The number of methoxy groups -OCH3 is 2. The summed E-state index contributed by atoms with van der Waals surface area (Å²) in [6.45, 7) is 2.41. The fraction of sp³-hybridized carbons (Fsp3) is 0.375. The van der Waals surface area contributed by atoms with Crippen molar-refractivity contribution in [1.29, 1.82) is 10.5 Å². The first-order chi connectivity index (χ1) is 10.7. The Bertz CT molecular complexity index is 634. The molecule has 0 aliphatic carbocycles. The summed E-state index contributed by atoms with van der Waals surface area (Å²) in [5.41, 5.74) is 1.43. The Morgan fingerprint density at radius 1 is 1.09 bits per heavy atom. The summed E-state index contributed by atoms with van der Waals surface area (Å²) in [5.74, 6) is 1.16. The van der Waals surface area contributed by atoms with Crippen LogP contribution in [0.5, 0.6) is 11.5 Å². The fourth-order valence-corrected chi connectivity index (χ4v) is 2.39. The monoisotopic (exact) mass is 299 g/mol. The van der Waals surface area contributed by atoms with E-state index >= 15 is 0 Å². The van der Waals surface area contributed by atoms with Gasteiger partial charge < -0.3 is 19.1 Å². The minimum absolute atomic E-state index is 0.0779. The number of nitriles is 2. The minimum atomic E-state index is 0.0779. The molecule has 0 amide bonds. The van der Waals surface area contributed by atoms with E-state index < -0.39 is 0 Å². The number of hydrogen-bond acceptors (Lipinski definition) is 6. The van der Waals surface area contributed by atoms with Gasteiger partial charge in [-0.05, 0) is 18.2 Å². The Morgan fingerprint density at radius 3 is 2.27 bits per heavy atom. The van der Waals surface area contributed by atoms with Crippen molar-refractivity contribution >= 4 is 5.70 Å². The molecule has 1 aromatic rings. The number of nitrogens with zero attached hydrogens (tertiary/aromatic N) is 3. The highest BCUT2D eigenvalue weighted by Crippen LogP contribution is 2.33. The van der Waals surface area contributed by atoms with Gasteiger partial charge in [0.25, 0.3) is 0 Å². The van der Waals surface area contributed by atoms with Gasteiger partial charge in [0.15, 0.2) is 17.1 Å². The fourth-order valence-electron chi connectivity index (χ4n) is 2.39. The molecule has 1 aromatic carbocycles. The molecule has 1 aliphatic heterocycles. The molecule has 0 radical (unpaired) electrons. The Kier molecular flexibility index (Phi) is 5.24. The molecule has 0 saturated carbocycles. The normalized spacial score (nSPS) is 13.7. The van der Waals surface area contributed by atoms with Gasteiger partial charge >= 0.3 is 0 Å². The zero-order valence-corrected chi connectivity index (χ0v) is 12.6. The zero-order chi connectivity index (χ0) is 15.9. The van der Waals surface area contributed by atoms with Crippen LogP contribution in [0, 0.1) is 22.7 Å². The van der Waals surface area contributed by atoms with E-state index in [2.05, 4.69) is 0 Å². The summed E-state index contributed by atoms with van der Waals surface area (Å²) in [5, 5.41) is 18.5. The molecule has 1 heterocycles. The van der Waals surface area contributed by atoms with Crippen molar-refractivity contribution in [3.63, 3.8) is 0 Å². The molecule has 22 heavy (non-hydrogen) atoms. The van der Waals surface area contributed by atoms with E-state index in [4.69, 9.17) is 14.2 Å². The summed E-state index contributed by atoms with van der Waals surface area (Å²) in [6.07, 6.45) is 0. The van der Waals surface area contributed by atoms with Gasteiger partial charge in [-0.15, -0.1) is 0 Å². The summed E-state index contributed by atoms with van der Waals surface area (Å²) in [4.78, 5) is 1.99. The predicted molar refractivity (Wildman–Crippen MR) is 80.1 cm³/mol. The van der Waals surface area contributed by atoms with Crippen LogP contribution in [0.4, 0.5) is 0 Å². The van der Waals surface area contributed by atoms with Gasteiger partial charge in [-0.1, -0.05) is 0 Å². The smallest absolute Gasteiger partial charge is 0.161 e. The van der Waals surface area contributed by atoms with Crippen molar-refractivity contribution in [1.82, 2.24) is 4.90 Å². The van der Waals surface area contributed by atoms with Crippen molar-refractivity contribution in [2.45, 2.75) is 0 Å². The summed E-state index contributed by atoms with van der Waals surface area (Å²) < 4.78 is 15.9. The van der Waals surface area contributed by atoms with Crippen LogP contribution in [0.2, 0.25) is 0 Å². The van der Waals surface area contributed by atoms with Crippen molar-refractivity contribution in [3.05, 3.63) is 29.3 Å². The van der Waals surface area contributed by atoms with Crippen LogP contribution in [0.15, 0.2) is 23.8 Å². The van der Waals surface area contributed by atoms with Gasteiger partial charge in [-0.25, -0.2) is 0 Å². The molecule has 1 saturated heterocycles. The SMILES string of the molecule is COc1ccc(C(=C(C#N)C#N)N2CCOCC2)cc1OC. The minimum Gasteiger partial charge on any atom is -0.493 e. The second kappa shape index (κ2) is 7.35. The zero-order valence-electron chi connectivity index (χ0n) is 12.6. The first kappa shape index (κ1) is 15.7. The maximum Gasteiger partial charge on any atom is 0.161 e. The van der Waals surface area contributed by atoms with Crippen LogP contribution < -0.4 is 9.47 Å². The predicted octanol–water partition coefficient (Wildman–Crippen LogP) is 1.79. The van der Waals surface area contributed by atoms with E-state index in [-0.39, 0.29) is 5.57 Å². The van der Waals surface area contributed by atoms with Gasteiger partial charge in [-0.2, -0.15) is 10.5 Å². The van der Waals surface area contributed by atoms with Crippen molar-refractivity contribution in [2.24, 2.45) is 0 Å². The molecule has 0 bridgehead atoms. The highest BCUT2D eigenvalue weighted by Gasteiger charge is 2.21. The van der Waals surface area contributed by atoms with Crippen molar-refractivity contribution in [2.75, 3.05) is 40.5 Å². The number of hydrogen-bond donors (Lipinski definition) is 0. The number of allylic oxidation sites excluding steroid dienone is 1. The topological polar surface area (TPSA) is 78.5 Å². The molecular weight excluding hydrogens is 282 g/mol. The van der Waals surface area contributed by atoms with Crippen LogP contribution in [-0.2, 0) is 4.74 Å². The summed E-state index contributed by atoms with van der Waals surface area (Å²) >= 11 is 0. The van der Waals surface area contributed by atoms with Crippen LogP contribution in [-0.4, -0.2) is 45.4 Å². The molecule has 0 atom stereocenters. The van der Waals surface area contributed by atoms with Gasteiger partial charge in [0, 0.05) is 18.7 Å². The lowest BCUT2D eigenvalue weighted by molar-refractivity contribution is 0.0638. The Hall–Kier alpha value is -2.70. The Labute approximate surface area is 129 Å². The number of rotatable bonds is 4. The highest BCUT2D eigenvalue weighted by molar-refractivity contribution is 5.75. The van der Waals surface area contributed by atoms with Gasteiger partial charge in [0.1, 0.15) is 12.1 Å². The lowest BCUT2D eigenvalue weighted by atomic mass is 10.0. The Balaban J connectivity index is 2.53. The van der Waals surface area contributed by atoms with Crippen LogP contribution in [0.3, 0.4) is 0 Å². The molecule has 0 spiro atoms. The molecule has 0 unspecified atom stereocenters. The standard InChI is InChI=1S/C16H17N3O3/c1-20-14-4-3-12(9-15(14)21-2)16(13(10-17)11-18)19-5-7-22-8-6-19/h3-4,9H,5-8H2,1-2H3. The largest absolute Gasteiger partial charge is 0.493 e. The van der Waals surface area contributed by atoms with Crippen LogP contribution in [0.25, 0.3) is 5.70 Å². The molecule has 6 nitrogen and oxygen atoms in total. The lowest BCUT2D eigenvalue weighted by Crippen LogP contribution is -2.35. The quantitative estimate of drug-likeness (QED) is 0.789. The van der Waals surface area contributed by atoms with Crippen molar-refractivity contribution < 1.29 is 14.2 Å². The number of benzene rings is 1. The van der Waals surface area contributed by atoms with Crippen LogP contribution >= 0.6 is 0 Å². The third kappa shape index (κ3) is 3.13. The average Bonchev–Trinajstić information content (AvgIpc) is 2.59. The second-order valence-electron chi connectivity index (χ2n) is 4.62. The van der Waals surface area contributed by atoms with E-state index in [0.29, 0.717) is 43.5 Å². The molecule has 1 aliphatic rings. The van der Waals surface area contributed by atoms with Gasteiger partial charge in [0.2, 0.25) is 0 Å². The van der Waals surface area contributed by atoms with E-state index in [9.17, 15) is 10.5 Å². The van der Waals surface area contributed by atoms with E-state index in [1.807, 2.05) is 23.1 Å². The molecule has 0 N–H and O–H groups in total. The lowest BCUT2D eigenvalue weighted by Gasteiger charge is -2.31. The second-order valence-corrected chi connectivity index (χ2v) is 4.62. The first-order valence-electron chi connectivity index (χ1n) is 6.84. The van der Waals surface area contributed by atoms with Gasteiger partial charge in [0.05, 0.1) is 33.1 Å². The first-order valence-corrected chi connectivity index (χ1v) is 6.84. The highest BCUT2D eigenvalue weighted by atomic mass is 16.5. The molecule has 114 valence electrons. The maximum absolute atomic E-state index is 9.27. The molecule has 2 rings (SSSR count). The molecular formula is C16H17N3O3. The van der Waals surface area contributed by atoms with Gasteiger partial charge in [-0.3, -0.25) is 0 Å². The van der Waals surface area contributed by atoms with Crippen LogP contribution in [0.1, 0.15) is 5.56 Å². The van der Waals surface area contributed by atoms with E-state index in [1.165, 1.54) is 0 Å². The average molecular weight is 299 g/mol. The van der Waals surface area contributed by atoms with Crippen molar-refractivity contribution in [3.8, 4) is 23.6 Å². The molecule has 6 heteroatoms. The molecule has 0 aromatic heterocycles. The third-order valence-electron chi connectivity index (χ3n) is 3.44. The third-order valence-corrected chi connectivity index (χ3v) is 3.44. The summed E-state index contributed by atoms with van der Waals surface area (Å²) in [7, 11) is 3.11. The molecule has 1 fully saturated rings. The summed E-state index contributed by atoms with van der Waals surface area (Å²) in [6, 6.07) is 9.32. The maximum atomic E-state index is 9.27. The van der Waals surface area contributed by atoms with E-state index in [1.54, 1.807) is 26.4 Å². The number of morpholine rings is 1. The van der Waals surface area contributed by atoms with E-state index in [0.717, 1.165) is 5.56 Å². The Morgan fingerprint density at radius 2 is 1.73 bits per heavy atom.